The van der Waals surface area contributed by atoms with Gasteiger partial charge >= 0.3 is 0 Å². The second kappa shape index (κ2) is 8.73. The summed E-state index contributed by atoms with van der Waals surface area (Å²) >= 11 is 10.7. The van der Waals surface area contributed by atoms with Gasteiger partial charge in [0.25, 0.3) is 5.91 Å². The Labute approximate surface area is 136 Å². The van der Waals surface area contributed by atoms with Gasteiger partial charge in [-0.3, -0.25) is 9.59 Å². The van der Waals surface area contributed by atoms with Crippen LogP contribution < -0.4 is 11.1 Å². The summed E-state index contributed by atoms with van der Waals surface area (Å²) in [5.41, 5.74) is 6.04. The Bertz CT molecular complexity index is 550. The van der Waals surface area contributed by atoms with Crippen LogP contribution in [0.15, 0.2) is 30.3 Å². The van der Waals surface area contributed by atoms with E-state index in [0.29, 0.717) is 11.1 Å². The van der Waals surface area contributed by atoms with Gasteiger partial charge in [0.1, 0.15) is 12.8 Å². The van der Waals surface area contributed by atoms with Gasteiger partial charge < -0.3 is 16.2 Å². The highest BCUT2D eigenvalue weighted by atomic mass is 35.5. The third-order valence-corrected chi connectivity index (χ3v) is 3.19. The van der Waals surface area contributed by atoms with Gasteiger partial charge in [0, 0.05) is 6.08 Å². The van der Waals surface area contributed by atoms with E-state index in [2.05, 4.69) is 5.32 Å². The van der Waals surface area contributed by atoms with E-state index in [0.717, 1.165) is 0 Å². The predicted molar refractivity (Wildman–Crippen MR) is 83.0 cm³/mol. The van der Waals surface area contributed by atoms with Gasteiger partial charge in [-0.1, -0.05) is 47.5 Å². The summed E-state index contributed by atoms with van der Waals surface area (Å²) in [7, 11) is 0. The molecular formula is C14H15Cl2FN2O3. The lowest BCUT2D eigenvalue weighted by atomic mass is 10.0. The largest absolute Gasteiger partial charge is 0.386 e. The number of carbonyl (C=O) groups is 2. The maximum atomic E-state index is 13.0. The van der Waals surface area contributed by atoms with E-state index < -0.39 is 35.5 Å². The van der Waals surface area contributed by atoms with Crippen LogP contribution in [0.4, 0.5) is 4.39 Å². The predicted octanol–water partition coefficient (Wildman–Crippen LogP) is 1.48. The SMILES string of the molecule is NC(=O)/C=C/c1ccc([C@@H](O)[C@@H](CF)NC(=O)C(Cl)Cl)cc1. The highest BCUT2D eigenvalue weighted by Crippen LogP contribution is 2.19. The molecule has 0 spiro atoms. The van der Waals surface area contributed by atoms with Crippen molar-refractivity contribution in [3.63, 3.8) is 0 Å². The first-order valence-corrected chi connectivity index (χ1v) is 7.12. The maximum Gasteiger partial charge on any atom is 0.253 e. The number of hydrogen-bond donors (Lipinski definition) is 3. The molecular weight excluding hydrogens is 334 g/mol. The Kier molecular flexibility index (Phi) is 7.31. The molecule has 0 heterocycles. The lowest BCUT2D eigenvalue weighted by Gasteiger charge is -2.22. The van der Waals surface area contributed by atoms with Gasteiger partial charge in [0.05, 0.1) is 6.04 Å². The fourth-order valence-corrected chi connectivity index (χ4v) is 1.79. The zero-order valence-electron chi connectivity index (χ0n) is 11.4. The Balaban J connectivity index is 2.80. The number of aliphatic hydroxyl groups excluding tert-OH is 1. The van der Waals surface area contributed by atoms with Crippen LogP contribution in [-0.4, -0.2) is 34.5 Å². The summed E-state index contributed by atoms with van der Waals surface area (Å²) in [5, 5.41) is 12.3. The Morgan fingerprint density at radius 2 is 1.91 bits per heavy atom. The maximum absolute atomic E-state index is 13.0. The van der Waals surface area contributed by atoms with Crippen molar-refractivity contribution < 1.29 is 19.1 Å². The number of rotatable bonds is 7. The van der Waals surface area contributed by atoms with Crippen LogP contribution in [0.1, 0.15) is 17.2 Å². The molecule has 8 heteroatoms. The second-order valence-corrected chi connectivity index (χ2v) is 5.51. The van der Waals surface area contributed by atoms with E-state index in [-0.39, 0.29) is 0 Å². The van der Waals surface area contributed by atoms with E-state index in [1.165, 1.54) is 12.2 Å². The van der Waals surface area contributed by atoms with Crippen LogP contribution in [0.25, 0.3) is 6.08 Å². The fourth-order valence-electron chi connectivity index (χ4n) is 1.66. The smallest absolute Gasteiger partial charge is 0.253 e. The van der Waals surface area contributed by atoms with Crippen LogP contribution in [0, 0.1) is 0 Å². The molecule has 4 N–H and O–H groups in total. The van der Waals surface area contributed by atoms with Gasteiger partial charge in [-0.25, -0.2) is 4.39 Å². The minimum absolute atomic E-state index is 0.389. The first-order chi connectivity index (χ1) is 10.3. The van der Waals surface area contributed by atoms with Crippen molar-refractivity contribution in [1.29, 1.82) is 0 Å². The van der Waals surface area contributed by atoms with E-state index in [1.54, 1.807) is 24.3 Å². The third-order valence-electron chi connectivity index (χ3n) is 2.79. The number of carbonyl (C=O) groups excluding carboxylic acids is 2. The molecule has 5 nitrogen and oxygen atoms in total. The molecule has 0 aliphatic carbocycles. The van der Waals surface area contributed by atoms with Crippen molar-refractivity contribution in [1.82, 2.24) is 5.32 Å². The fraction of sp³-hybridized carbons (Fsp3) is 0.286. The second-order valence-electron chi connectivity index (χ2n) is 4.42. The van der Waals surface area contributed by atoms with Gasteiger partial charge in [-0.05, 0) is 17.2 Å². The molecule has 1 rings (SSSR count). The molecule has 2 atom stereocenters. The zero-order chi connectivity index (χ0) is 16.7. The number of primary amides is 1. The van der Waals surface area contributed by atoms with Crippen LogP contribution in [0.2, 0.25) is 0 Å². The standard InChI is InChI=1S/C14H15Cl2FN2O3/c15-13(16)14(22)19-10(7-17)12(21)9-4-1-8(2-5-9)3-6-11(18)20/h1-6,10,12-13,21H,7H2,(H2,18,20)(H,19,22)/b6-3+/t10-,12-/m1/s1. The molecule has 0 bridgehead atoms. The summed E-state index contributed by atoms with van der Waals surface area (Å²) in [5.74, 6) is -1.37. The molecule has 0 saturated heterocycles. The van der Waals surface area contributed by atoms with Crippen LogP contribution in [-0.2, 0) is 9.59 Å². The minimum atomic E-state index is -1.34. The van der Waals surface area contributed by atoms with Crippen molar-refractivity contribution in [3.05, 3.63) is 41.5 Å². The lowest BCUT2D eigenvalue weighted by molar-refractivity contribution is -0.121. The molecule has 0 aliphatic heterocycles. The number of alkyl halides is 3. The van der Waals surface area contributed by atoms with Crippen LogP contribution in [0.3, 0.4) is 0 Å². The van der Waals surface area contributed by atoms with Gasteiger partial charge in [0.15, 0.2) is 4.84 Å². The molecule has 0 unspecified atom stereocenters. The zero-order valence-corrected chi connectivity index (χ0v) is 12.9. The molecule has 0 radical (unpaired) electrons. The number of nitrogens with one attached hydrogen (secondary N) is 1. The first-order valence-electron chi connectivity index (χ1n) is 6.25. The van der Waals surface area contributed by atoms with E-state index in [1.807, 2.05) is 0 Å². The molecule has 0 aliphatic rings. The highest BCUT2D eigenvalue weighted by Gasteiger charge is 2.24. The van der Waals surface area contributed by atoms with Crippen LogP contribution in [0.5, 0.6) is 0 Å². The van der Waals surface area contributed by atoms with Gasteiger partial charge in [0.2, 0.25) is 5.91 Å². The Morgan fingerprint density at radius 3 is 2.36 bits per heavy atom. The molecule has 0 saturated carbocycles. The molecule has 2 amide bonds. The summed E-state index contributed by atoms with van der Waals surface area (Å²) in [6.45, 7) is -0.989. The van der Waals surface area contributed by atoms with Crippen molar-refractivity contribution in [2.24, 2.45) is 5.73 Å². The first kappa shape index (κ1) is 18.4. The van der Waals surface area contributed by atoms with Crippen molar-refractivity contribution in [2.45, 2.75) is 17.0 Å². The summed E-state index contributed by atoms with van der Waals surface area (Å²) in [6.07, 6.45) is 1.42. The number of hydrogen-bond acceptors (Lipinski definition) is 3. The quantitative estimate of drug-likeness (QED) is 0.514. The molecule has 120 valence electrons. The topological polar surface area (TPSA) is 92.4 Å². The molecule has 0 aromatic heterocycles. The van der Waals surface area contributed by atoms with Crippen molar-refractivity contribution >= 4 is 41.1 Å². The van der Waals surface area contributed by atoms with E-state index in [9.17, 15) is 19.1 Å². The number of nitrogens with two attached hydrogens (primary N) is 1. The summed E-state index contributed by atoms with van der Waals surface area (Å²) in [6, 6.07) is 5.14. The number of halogens is 3. The Morgan fingerprint density at radius 1 is 1.32 bits per heavy atom. The van der Waals surface area contributed by atoms with Gasteiger partial charge in [-0.15, -0.1) is 0 Å². The van der Waals surface area contributed by atoms with E-state index in [4.69, 9.17) is 28.9 Å². The molecule has 1 aromatic carbocycles. The average Bonchev–Trinajstić information content (AvgIpc) is 2.50. The summed E-state index contributed by atoms with van der Waals surface area (Å²) < 4.78 is 13.0. The highest BCUT2D eigenvalue weighted by molar-refractivity contribution is 6.53. The van der Waals surface area contributed by atoms with Crippen molar-refractivity contribution in [2.75, 3.05) is 6.67 Å². The number of amides is 2. The average molecular weight is 349 g/mol. The number of benzene rings is 1. The normalized spacial score (nSPS) is 14.0. The Hall–Kier alpha value is -1.63. The lowest BCUT2D eigenvalue weighted by Crippen LogP contribution is -2.43. The van der Waals surface area contributed by atoms with Gasteiger partial charge in [-0.2, -0.15) is 0 Å². The summed E-state index contributed by atoms with van der Waals surface area (Å²) in [4.78, 5) is 20.6. The third kappa shape index (κ3) is 5.63. The van der Waals surface area contributed by atoms with Crippen molar-refractivity contribution in [3.8, 4) is 0 Å². The molecule has 0 fully saturated rings. The number of aliphatic hydroxyl groups is 1. The van der Waals surface area contributed by atoms with E-state index >= 15 is 0 Å². The molecule has 22 heavy (non-hydrogen) atoms. The monoisotopic (exact) mass is 348 g/mol. The minimum Gasteiger partial charge on any atom is -0.386 e. The molecule has 1 aromatic rings. The van der Waals surface area contributed by atoms with Crippen LogP contribution >= 0.6 is 23.2 Å².